The molecular formula is C20H17N3O2. The summed E-state index contributed by atoms with van der Waals surface area (Å²) in [6.45, 7) is 2.47. The number of nitrogens with zero attached hydrogens (tertiary/aromatic N) is 2. The molecule has 0 unspecified atom stereocenters. The largest absolute Gasteiger partial charge is 0.336 e. The second kappa shape index (κ2) is 5.70. The molecule has 0 saturated carbocycles. The molecule has 0 saturated heterocycles. The van der Waals surface area contributed by atoms with Gasteiger partial charge >= 0.3 is 0 Å². The first-order valence-electron chi connectivity index (χ1n) is 8.08. The Balaban J connectivity index is 1.98. The fourth-order valence-corrected chi connectivity index (χ4v) is 3.31. The smallest absolute Gasteiger partial charge is 0.271 e. The molecule has 1 amide bonds. The van der Waals surface area contributed by atoms with Gasteiger partial charge in [-0.15, -0.1) is 0 Å². The Morgan fingerprint density at radius 1 is 1.04 bits per heavy atom. The third kappa shape index (κ3) is 2.54. The molecule has 4 rings (SSSR count). The number of aromatic amines is 1. The number of amides is 1. The number of hydrogen-bond donors (Lipinski definition) is 1. The van der Waals surface area contributed by atoms with Crippen molar-refractivity contribution in [1.29, 1.82) is 0 Å². The number of nitrogens with one attached hydrogen (secondary N) is 1. The van der Waals surface area contributed by atoms with Crippen molar-refractivity contribution in [2.24, 2.45) is 0 Å². The molecular weight excluding hydrogens is 314 g/mol. The number of benzene rings is 1. The minimum absolute atomic E-state index is 0.178. The minimum Gasteiger partial charge on any atom is -0.336 e. The maximum Gasteiger partial charge on any atom is 0.271 e. The van der Waals surface area contributed by atoms with E-state index in [4.69, 9.17) is 0 Å². The molecule has 0 radical (unpaired) electrons. The van der Waals surface area contributed by atoms with Crippen LogP contribution in [0.25, 0.3) is 22.3 Å². The molecule has 3 heterocycles. The van der Waals surface area contributed by atoms with Crippen LogP contribution in [0.15, 0.2) is 53.5 Å². The van der Waals surface area contributed by atoms with Crippen molar-refractivity contribution in [2.75, 3.05) is 7.05 Å². The summed E-state index contributed by atoms with van der Waals surface area (Å²) in [5.41, 5.74) is 5.88. The van der Waals surface area contributed by atoms with E-state index in [1.807, 2.05) is 25.1 Å². The Hall–Kier alpha value is -3.21. The molecule has 1 N–H and O–H groups in total. The van der Waals surface area contributed by atoms with E-state index in [2.05, 4.69) is 22.1 Å². The maximum atomic E-state index is 12.6. The molecule has 25 heavy (non-hydrogen) atoms. The van der Waals surface area contributed by atoms with E-state index >= 15 is 0 Å². The Morgan fingerprint density at radius 2 is 1.88 bits per heavy atom. The topological polar surface area (TPSA) is 66.1 Å². The molecule has 2 aromatic heterocycles. The molecule has 5 nitrogen and oxygen atoms in total. The molecule has 0 spiro atoms. The summed E-state index contributed by atoms with van der Waals surface area (Å²) >= 11 is 0. The lowest BCUT2D eigenvalue weighted by molar-refractivity contribution is 0.0782. The normalized spacial score (nSPS) is 13.2. The van der Waals surface area contributed by atoms with Crippen molar-refractivity contribution in [3.8, 4) is 22.3 Å². The van der Waals surface area contributed by atoms with Crippen LogP contribution in [0.3, 0.4) is 0 Å². The molecule has 1 aromatic carbocycles. The molecule has 3 aromatic rings. The van der Waals surface area contributed by atoms with Crippen molar-refractivity contribution in [3.05, 3.63) is 76.0 Å². The summed E-state index contributed by atoms with van der Waals surface area (Å²) in [5.74, 6) is -0.178. The molecule has 1 aliphatic heterocycles. The zero-order valence-corrected chi connectivity index (χ0v) is 14.0. The molecule has 124 valence electrons. The predicted molar refractivity (Wildman–Crippen MR) is 96.3 cm³/mol. The van der Waals surface area contributed by atoms with E-state index in [1.54, 1.807) is 24.2 Å². The van der Waals surface area contributed by atoms with Crippen molar-refractivity contribution >= 4 is 5.91 Å². The van der Waals surface area contributed by atoms with Crippen molar-refractivity contribution in [1.82, 2.24) is 14.9 Å². The van der Waals surface area contributed by atoms with E-state index in [0.717, 1.165) is 33.5 Å². The van der Waals surface area contributed by atoms with Crippen molar-refractivity contribution < 1.29 is 4.79 Å². The van der Waals surface area contributed by atoms with Gasteiger partial charge in [0.05, 0.1) is 0 Å². The predicted octanol–water partition coefficient (Wildman–Crippen LogP) is 3.00. The van der Waals surface area contributed by atoms with Gasteiger partial charge in [-0.1, -0.05) is 18.2 Å². The molecule has 0 fully saturated rings. The summed E-state index contributed by atoms with van der Waals surface area (Å²) in [4.78, 5) is 33.0. The Labute approximate surface area is 145 Å². The van der Waals surface area contributed by atoms with Gasteiger partial charge in [-0.2, -0.15) is 0 Å². The Kier molecular flexibility index (Phi) is 3.50. The molecule has 5 heteroatoms. The van der Waals surface area contributed by atoms with Crippen LogP contribution in [-0.4, -0.2) is 27.8 Å². The number of H-pyrrole nitrogens is 1. The van der Waals surface area contributed by atoms with E-state index < -0.39 is 0 Å². The van der Waals surface area contributed by atoms with Crippen LogP contribution in [0.1, 0.15) is 21.7 Å². The van der Waals surface area contributed by atoms with Gasteiger partial charge in [0.15, 0.2) is 0 Å². The SMILES string of the molecule is Cc1ncccc1-c1ccc2c(c1)-c1ccc(=O)[nH]c1C(=O)N(C)C2. The average molecular weight is 331 g/mol. The second-order valence-electron chi connectivity index (χ2n) is 6.28. The highest BCUT2D eigenvalue weighted by Gasteiger charge is 2.25. The van der Waals surface area contributed by atoms with Crippen molar-refractivity contribution in [2.45, 2.75) is 13.5 Å². The number of pyridine rings is 2. The molecule has 0 aliphatic carbocycles. The van der Waals surface area contributed by atoms with Crippen LogP contribution in [0.5, 0.6) is 0 Å². The maximum absolute atomic E-state index is 12.6. The van der Waals surface area contributed by atoms with Crippen LogP contribution in [-0.2, 0) is 6.54 Å². The lowest BCUT2D eigenvalue weighted by Gasteiger charge is -2.15. The van der Waals surface area contributed by atoms with E-state index in [1.165, 1.54) is 6.07 Å². The van der Waals surface area contributed by atoms with Crippen LogP contribution < -0.4 is 5.56 Å². The Morgan fingerprint density at radius 3 is 2.68 bits per heavy atom. The first kappa shape index (κ1) is 15.3. The number of carbonyl (C=O) groups excluding carboxylic acids is 1. The number of rotatable bonds is 1. The number of carbonyl (C=O) groups is 1. The van der Waals surface area contributed by atoms with Gasteiger partial charge in [-0.05, 0) is 41.8 Å². The molecule has 1 aliphatic rings. The van der Waals surface area contributed by atoms with Crippen LogP contribution in [0, 0.1) is 6.92 Å². The quantitative estimate of drug-likeness (QED) is 0.745. The van der Waals surface area contributed by atoms with Crippen LogP contribution >= 0.6 is 0 Å². The number of aromatic nitrogens is 2. The third-order valence-electron chi connectivity index (χ3n) is 4.60. The fourth-order valence-electron chi connectivity index (χ4n) is 3.31. The summed E-state index contributed by atoms with van der Waals surface area (Å²) in [6.07, 6.45) is 1.77. The summed E-state index contributed by atoms with van der Waals surface area (Å²) in [6, 6.07) is 13.3. The Bertz CT molecular complexity index is 1050. The minimum atomic E-state index is -0.275. The van der Waals surface area contributed by atoms with Crippen molar-refractivity contribution in [3.63, 3.8) is 0 Å². The van der Waals surface area contributed by atoms with Gasteiger partial charge in [0.2, 0.25) is 5.56 Å². The van der Waals surface area contributed by atoms with Gasteiger partial charge in [-0.25, -0.2) is 0 Å². The lowest BCUT2D eigenvalue weighted by atomic mass is 9.94. The van der Waals surface area contributed by atoms with Gasteiger partial charge in [0.25, 0.3) is 5.91 Å². The van der Waals surface area contributed by atoms with Gasteiger partial charge < -0.3 is 9.88 Å². The lowest BCUT2D eigenvalue weighted by Crippen LogP contribution is -2.27. The monoisotopic (exact) mass is 331 g/mol. The highest BCUT2D eigenvalue weighted by molar-refractivity contribution is 6.00. The summed E-state index contributed by atoms with van der Waals surface area (Å²) in [5, 5.41) is 0. The van der Waals surface area contributed by atoms with E-state index in [9.17, 15) is 9.59 Å². The molecule has 0 bridgehead atoms. The van der Waals surface area contributed by atoms with Crippen LogP contribution in [0.4, 0.5) is 0 Å². The number of aryl methyl sites for hydroxylation is 1. The zero-order valence-electron chi connectivity index (χ0n) is 14.0. The van der Waals surface area contributed by atoms with Gasteiger partial charge in [0, 0.05) is 42.7 Å². The third-order valence-corrected chi connectivity index (χ3v) is 4.60. The standard InChI is InChI=1S/C20H17N3O2/c1-12-15(4-3-9-21-12)13-5-6-14-11-23(2)20(25)19-16(17(14)10-13)7-8-18(24)22-19/h3-10H,11H2,1-2H3,(H,22,24). The fraction of sp³-hybridized carbons (Fsp3) is 0.150. The molecule has 0 atom stereocenters. The van der Waals surface area contributed by atoms with E-state index in [-0.39, 0.29) is 11.5 Å². The summed E-state index contributed by atoms with van der Waals surface area (Å²) < 4.78 is 0. The highest BCUT2D eigenvalue weighted by Crippen LogP contribution is 2.34. The van der Waals surface area contributed by atoms with E-state index in [0.29, 0.717) is 12.2 Å². The van der Waals surface area contributed by atoms with Gasteiger partial charge in [0.1, 0.15) is 5.69 Å². The first-order valence-corrected chi connectivity index (χ1v) is 8.08. The number of hydrogen-bond acceptors (Lipinski definition) is 3. The average Bonchev–Trinajstić information content (AvgIpc) is 2.71. The van der Waals surface area contributed by atoms with Crippen LogP contribution in [0.2, 0.25) is 0 Å². The van der Waals surface area contributed by atoms with Gasteiger partial charge in [-0.3, -0.25) is 14.6 Å². The summed E-state index contributed by atoms with van der Waals surface area (Å²) in [7, 11) is 1.74. The second-order valence-corrected chi connectivity index (χ2v) is 6.28. The highest BCUT2D eigenvalue weighted by atomic mass is 16.2. The zero-order chi connectivity index (χ0) is 17.6. The first-order chi connectivity index (χ1) is 12.0. The number of fused-ring (bicyclic) bond motifs is 3.